The van der Waals surface area contributed by atoms with Gasteiger partial charge in [-0.1, -0.05) is 40.9 Å². The summed E-state index contributed by atoms with van der Waals surface area (Å²) < 4.78 is 5.20. The Hall–Kier alpha value is -0.990. The molecular weight excluding hydrogens is 259 g/mol. The first-order valence-corrected chi connectivity index (χ1v) is 6.01. The Bertz CT molecular complexity index is 509. The summed E-state index contributed by atoms with van der Waals surface area (Å²) in [6.07, 6.45) is -0.558. The number of ether oxygens (including phenoxy) is 1. The largest absolute Gasteiger partial charge is 0.447 e. The molecule has 1 aromatic carbocycles. The van der Waals surface area contributed by atoms with Crippen LogP contribution in [0.1, 0.15) is 28.4 Å². The molecule has 0 aliphatic carbocycles. The lowest BCUT2D eigenvalue weighted by Crippen LogP contribution is -2.06. The minimum absolute atomic E-state index is 0.0176. The number of cyclic esters (lactones) is 1. The van der Waals surface area contributed by atoms with Crippen LogP contribution in [0.2, 0.25) is 0 Å². The number of carbonyl (C=O) groups is 1. The molecule has 1 unspecified atom stereocenters. The Balaban J connectivity index is 2.54. The van der Waals surface area contributed by atoms with E-state index in [1.54, 1.807) is 0 Å². The van der Waals surface area contributed by atoms with E-state index in [-0.39, 0.29) is 10.1 Å². The molecule has 0 N–H and O–H groups in total. The monoisotopic (exact) mass is 270 g/mol. The van der Waals surface area contributed by atoms with Crippen molar-refractivity contribution in [1.29, 1.82) is 0 Å². The quantitative estimate of drug-likeness (QED) is 0.724. The second-order valence-electron chi connectivity index (χ2n) is 4.26. The minimum Gasteiger partial charge on any atom is -0.447 e. The summed E-state index contributed by atoms with van der Waals surface area (Å²) in [5.74, 6) is -0.555. The third kappa shape index (κ3) is 2.07. The van der Waals surface area contributed by atoms with Gasteiger partial charge in [-0.15, -0.1) is 0 Å². The average molecular weight is 271 g/mol. The highest BCUT2D eigenvalue weighted by Gasteiger charge is 2.34. The third-order valence-corrected chi connectivity index (χ3v) is 3.69. The number of carbonyl (C=O) groups excluding carboxylic acids is 1. The van der Waals surface area contributed by atoms with Crippen LogP contribution in [-0.2, 0) is 9.53 Å². The van der Waals surface area contributed by atoms with Gasteiger partial charge >= 0.3 is 5.97 Å². The van der Waals surface area contributed by atoms with Gasteiger partial charge in [0.15, 0.2) is 6.10 Å². The van der Waals surface area contributed by atoms with Crippen LogP contribution in [0.25, 0.3) is 0 Å². The van der Waals surface area contributed by atoms with Gasteiger partial charge < -0.3 is 4.74 Å². The predicted molar refractivity (Wildman–Crippen MR) is 68.2 cm³/mol. The number of rotatable bonds is 1. The fourth-order valence-electron chi connectivity index (χ4n) is 2.21. The molecule has 0 saturated carbocycles. The summed E-state index contributed by atoms with van der Waals surface area (Å²) in [7, 11) is 0. The van der Waals surface area contributed by atoms with Crippen molar-refractivity contribution in [2.24, 2.45) is 0 Å². The predicted octanol–water partition coefficient (Wildman–Crippen LogP) is 3.90. The van der Waals surface area contributed by atoms with Crippen molar-refractivity contribution in [2.45, 2.75) is 26.9 Å². The van der Waals surface area contributed by atoms with Crippen molar-refractivity contribution in [3.8, 4) is 0 Å². The lowest BCUT2D eigenvalue weighted by molar-refractivity contribution is -0.139. The first kappa shape index (κ1) is 12.5. The van der Waals surface area contributed by atoms with Crippen LogP contribution in [0.3, 0.4) is 0 Å². The van der Waals surface area contributed by atoms with E-state index >= 15 is 0 Å². The Morgan fingerprint density at radius 2 is 1.65 bits per heavy atom. The van der Waals surface area contributed by atoms with Gasteiger partial charge in [-0.05, 0) is 31.9 Å². The van der Waals surface area contributed by atoms with Crippen LogP contribution >= 0.6 is 23.2 Å². The van der Waals surface area contributed by atoms with Gasteiger partial charge in [-0.2, -0.15) is 0 Å². The standard InChI is InChI=1S/C13H12Cl2O2/c1-6-4-7(2)9(8(3)5-6)12-10(14)11(15)13(16)17-12/h4-5,12H,1-3H3. The molecule has 2 rings (SSSR count). The van der Waals surface area contributed by atoms with Gasteiger partial charge in [-0.3, -0.25) is 0 Å². The maximum Gasteiger partial charge on any atom is 0.352 e. The van der Waals surface area contributed by atoms with E-state index in [4.69, 9.17) is 27.9 Å². The number of halogens is 2. The van der Waals surface area contributed by atoms with E-state index in [2.05, 4.69) is 0 Å². The summed E-state index contributed by atoms with van der Waals surface area (Å²) in [6, 6.07) is 4.07. The van der Waals surface area contributed by atoms with Gasteiger partial charge in [0.25, 0.3) is 0 Å². The number of aryl methyl sites for hydroxylation is 3. The molecule has 17 heavy (non-hydrogen) atoms. The van der Waals surface area contributed by atoms with Gasteiger partial charge in [-0.25, -0.2) is 4.79 Å². The SMILES string of the molecule is Cc1cc(C)c(C2OC(=O)C(Cl)=C2Cl)c(C)c1. The van der Waals surface area contributed by atoms with Gasteiger partial charge in [0.2, 0.25) is 0 Å². The van der Waals surface area contributed by atoms with E-state index in [0.29, 0.717) is 0 Å². The molecule has 1 heterocycles. The topological polar surface area (TPSA) is 26.3 Å². The fraction of sp³-hybridized carbons (Fsp3) is 0.308. The van der Waals surface area contributed by atoms with E-state index in [1.807, 2.05) is 32.9 Å². The second-order valence-corrected chi connectivity index (χ2v) is 5.04. The van der Waals surface area contributed by atoms with Crippen molar-refractivity contribution >= 4 is 29.2 Å². The van der Waals surface area contributed by atoms with Crippen LogP contribution in [0, 0.1) is 20.8 Å². The van der Waals surface area contributed by atoms with Crippen LogP contribution in [0.15, 0.2) is 22.2 Å². The number of benzene rings is 1. The van der Waals surface area contributed by atoms with Crippen molar-refractivity contribution in [1.82, 2.24) is 0 Å². The Kier molecular flexibility index (Phi) is 3.19. The zero-order chi connectivity index (χ0) is 12.7. The summed E-state index contributed by atoms with van der Waals surface area (Å²) in [6.45, 7) is 5.97. The molecule has 0 amide bonds. The van der Waals surface area contributed by atoms with Crippen LogP contribution in [0.4, 0.5) is 0 Å². The molecule has 90 valence electrons. The molecule has 2 nitrogen and oxygen atoms in total. The van der Waals surface area contributed by atoms with E-state index in [0.717, 1.165) is 16.7 Å². The van der Waals surface area contributed by atoms with Crippen molar-refractivity contribution in [2.75, 3.05) is 0 Å². The lowest BCUT2D eigenvalue weighted by Gasteiger charge is -2.17. The number of hydrogen-bond acceptors (Lipinski definition) is 2. The third-order valence-electron chi connectivity index (χ3n) is 2.84. The highest BCUT2D eigenvalue weighted by molar-refractivity contribution is 6.48. The highest BCUT2D eigenvalue weighted by Crippen LogP contribution is 2.41. The first-order chi connectivity index (χ1) is 7.91. The second kappa shape index (κ2) is 4.35. The average Bonchev–Trinajstić information content (AvgIpc) is 2.45. The molecule has 0 spiro atoms. The molecule has 1 aliphatic rings. The van der Waals surface area contributed by atoms with Crippen LogP contribution in [-0.4, -0.2) is 5.97 Å². The molecule has 1 aliphatic heterocycles. The van der Waals surface area contributed by atoms with Crippen molar-refractivity contribution in [3.05, 3.63) is 44.5 Å². The fourth-order valence-corrected chi connectivity index (χ4v) is 2.59. The smallest absolute Gasteiger partial charge is 0.352 e. The normalized spacial score (nSPS) is 19.8. The Morgan fingerprint density at radius 3 is 2.06 bits per heavy atom. The van der Waals surface area contributed by atoms with Gasteiger partial charge in [0, 0.05) is 5.56 Å². The van der Waals surface area contributed by atoms with Crippen LogP contribution < -0.4 is 0 Å². The molecule has 0 saturated heterocycles. The molecule has 0 bridgehead atoms. The number of hydrogen-bond donors (Lipinski definition) is 0. The van der Waals surface area contributed by atoms with Crippen molar-refractivity contribution in [3.63, 3.8) is 0 Å². The zero-order valence-electron chi connectivity index (χ0n) is 9.80. The summed E-state index contributed by atoms with van der Waals surface area (Å²) in [5, 5.41) is 0.253. The summed E-state index contributed by atoms with van der Waals surface area (Å²) in [4.78, 5) is 11.4. The van der Waals surface area contributed by atoms with E-state index in [1.165, 1.54) is 5.56 Å². The lowest BCUT2D eigenvalue weighted by atomic mass is 9.95. The molecular formula is C13H12Cl2O2. The van der Waals surface area contributed by atoms with Gasteiger partial charge in [0.05, 0.1) is 5.03 Å². The molecule has 0 fully saturated rings. The molecule has 4 heteroatoms. The molecule has 1 aromatic rings. The summed E-state index contributed by atoms with van der Waals surface area (Å²) in [5.41, 5.74) is 4.18. The summed E-state index contributed by atoms with van der Waals surface area (Å²) >= 11 is 11.8. The molecule has 1 atom stereocenters. The Labute approximate surface area is 110 Å². The van der Waals surface area contributed by atoms with Crippen LogP contribution in [0.5, 0.6) is 0 Å². The maximum atomic E-state index is 11.4. The minimum atomic E-state index is -0.558. The van der Waals surface area contributed by atoms with Gasteiger partial charge in [0.1, 0.15) is 5.03 Å². The zero-order valence-corrected chi connectivity index (χ0v) is 11.3. The Morgan fingerprint density at radius 1 is 1.12 bits per heavy atom. The van der Waals surface area contributed by atoms with Crippen molar-refractivity contribution < 1.29 is 9.53 Å². The maximum absolute atomic E-state index is 11.4. The molecule has 0 aromatic heterocycles. The highest BCUT2D eigenvalue weighted by atomic mass is 35.5. The van der Waals surface area contributed by atoms with E-state index in [9.17, 15) is 4.79 Å². The van der Waals surface area contributed by atoms with E-state index < -0.39 is 12.1 Å². The molecule has 0 radical (unpaired) electrons. The first-order valence-electron chi connectivity index (χ1n) is 5.25. The number of esters is 1.